The zero-order chi connectivity index (χ0) is 12.5. The van der Waals surface area contributed by atoms with E-state index < -0.39 is 0 Å². The van der Waals surface area contributed by atoms with Crippen LogP contribution in [0.5, 0.6) is 0 Å². The number of likely N-dealkylation sites (tertiary alicyclic amines) is 1. The molecule has 0 aliphatic carbocycles. The maximum absolute atomic E-state index is 6.30. The molecule has 0 radical (unpaired) electrons. The van der Waals surface area contributed by atoms with Gasteiger partial charge in [-0.15, -0.1) is 0 Å². The maximum atomic E-state index is 6.30. The summed E-state index contributed by atoms with van der Waals surface area (Å²) in [5.41, 5.74) is 8.83. The average Bonchev–Trinajstić information content (AvgIpc) is 2.69. The second-order valence-electron chi connectivity index (χ2n) is 5.69. The minimum absolute atomic E-state index is 0.114. The lowest BCUT2D eigenvalue weighted by molar-refractivity contribution is -0.0397. The summed E-state index contributed by atoms with van der Waals surface area (Å²) in [6.07, 6.45) is 3.35. The molecule has 1 aromatic carbocycles. The number of nitrogens with two attached hydrogens (primary N) is 1. The summed E-state index contributed by atoms with van der Waals surface area (Å²) in [7, 11) is 0. The molecule has 0 spiro atoms. The minimum atomic E-state index is 0.114. The molecule has 1 aromatic rings. The third-order valence-corrected chi connectivity index (χ3v) is 4.08. The van der Waals surface area contributed by atoms with Gasteiger partial charge in [0.1, 0.15) is 0 Å². The summed E-state index contributed by atoms with van der Waals surface area (Å²) < 4.78 is 5.85. The molecule has 3 heteroatoms. The summed E-state index contributed by atoms with van der Waals surface area (Å²) >= 11 is 0. The van der Waals surface area contributed by atoms with Crippen LogP contribution in [0.2, 0.25) is 0 Å². The summed E-state index contributed by atoms with van der Waals surface area (Å²) in [6, 6.07) is 8.68. The van der Waals surface area contributed by atoms with Gasteiger partial charge in [-0.1, -0.05) is 29.8 Å². The Balaban J connectivity index is 1.60. The highest BCUT2D eigenvalue weighted by Crippen LogP contribution is 2.27. The van der Waals surface area contributed by atoms with E-state index in [0.717, 1.165) is 19.6 Å². The van der Waals surface area contributed by atoms with Crippen LogP contribution in [0.25, 0.3) is 0 Å². The number of fused-ring (bicyclic) bond motifs is 2. The van der Waals surface area contributed by atoms with E-state index in [9.17, 15) is 0 Å². The summed E-state index contributed by atoms with van der Waals surface area (Å²) in [5.74, 6) is 0. The van der Waals surface area contributed by atoms with Crippen LogP contribution >= 0.6 is 0 Å². The number of ether oxygens (including phenoxy) is 1. The first-order valence-electron chi connectivity index (χ1n) is 6.90. The fourth-order valence-corrected chi connectivity index (χ4v) is 3.05. The van der Waals surface area contributed by atoms with Gasteiger partial charge in [0.25, 0.3) is 0 Å². The summed E-state index contributed by atoms with van der Waals surface area (Å²) in [4.78, 5) is 2.47. The molecule has 0 aromatic heterocycles. The van der Waals surface area contributed by atoms with Gasteiger partial charge in [0.2, 0.25) is 0 Å². The third-order valence-electron chi connectivity index (χ3n) is 4.08. The Labute approximate surface area is 109 Å². The molecule has 3 unspecified atom stereocenters. The third kappa shape index (κ3) is 2.58. The van der Waals surface area contributed by atoms with Gasteiger partial charge in [-0.25, -0.2) is 0 Å². The van der Waals surface area contributed by atoms with Crippen molar-refractivity contribution in [1.82, 2.24) is 4.90 Å². The first-order valence-corrected chi connectivity index (χ1v) is 6.90. The molecule has 2 heterocycles. The molecule has 3 atom stereocenters. The number of benzene rings is 1. The van der Waals surface area contributed by atoms with Crippen LogP contribution in [0.3, 0.4) is 0 Å². The van der Waals surface area contributed by atoms with Crippen molar-refractivity contribution in [3.05, 3.63) is 35.4 Å². The van der Waals surface area contributed by atoms with E-state index in [4.69, 9.17) is 10.5 Å². The quantitative estimate of drug-likeness (QED) is 0.884. The molecule has 98 valence electrons. The topological polar surface area (TPSA) is 38.5 Å². The molecule has 0 saturated carbocycles. The summed E-state index contributed by atoms with van der Waals surface area (Å²) in [5, 5.41) is 0. The molecule has 2 saturated heterocycles. The number of hydrogen-bond acceptors (Lipinski definition) is 3. The van der Waals surface area contributed by atoms with E-state index in [1.165, 1.54) is 24.0 Å². The fraction of sp³-hybridized carbons (Fsp3) is 0.600. The number of morpholine rings is 1. The first-order chi connectivity index (χ1) is 8.70. The molecule has 3 rings (SSSR count). The van der Waals surface area contributed by atoms with E-state index in [0.29, 0.717) is 12.2 Å². The molecule has 18 heavy (non-hydrogen) atoms. The van der Waals surface area contributed by atoms with Crippen LogP contribution < -0.4 is 5.73 Å². The van der Waals surface area contributed by atoms with Gasteiger partial charge in [0.05, 0.1) is 12.2 Å². The molecule has 2 aliphatic rings. The van der Waals surface area contributed by atoms with E-state index in [-0.39, 0.29) is 6.04 Å². The molecule has 2 bridgehead atoms. The Hall–Kier alpha value is -0.900. The Morgan fingerprint density at radius 2 is 1.83 bits per heavy atom. The smallest absolute Gasteiger partial charge is 0.0707 e. The highest BCUT2D eigenvalue weighted by molar-refractivity contribution is 5.24. The number of aryl methyl sites for hydroxylation is 1. The maximum Gasteiger partial charge on any atom is 0.0707 e. The number of hydrogen-bond donors (Lipinski definition) is 1. The van der Waals surface area contributed by atoms with Gasteiger partial charge in [-0.2, -0.15) is 0 Å². The van der Waals surface area contributed by atoms with Crippen LogP contribution in [-0.2, 0) is 4.74 Å². The zero-order valence-corrected chi connectivity index (χ0v) is 11.0. The lowest BCUT2D eigenvalue weighted by Crippen LogP contribution is -2.45. The second kappa shape index (κ2) is 5.00. The van der Waals surface area contributed by atoms with Gasteiger partial charge < -0.3 is 10.5 Å². The molecule has 2 fully saturated rings. The Morgan fingerprint density at radius 1 is 1.22 bits per heavy atom. The van der Waals surface area contributed by atoms with Crippen LogP contribution in [0.4, 0.5) is 0 Å². The van der Waals surface area contributed by atoms with Crippen molar-refractivity contribution in [2.45, 2.75) is 38.0 Å². The van der Waals surface area contributed by atoms with Gasteiger partial charge in [0.15, 0.2) is 0 Å². The van der Waals surface area contributed by atoms with Crippen LogP contribution in [0.15, 0.2) is 24.3 Å². The molecule has 2 N–H and O–H groups in total. The van der Waals surface area contributed by atoms with Crippen molar-refractivity contribution in [1.29, 1.82) is 0 Å². The van der Waals surface area contributed by atoms with Crippen LogP contribution in [0, 0.1) is 6.92 Å². The molecular weight excluding hydrogens is 224 g/mol. The fourth-order valence-electron chi connectivity index (χ4n) is 3.05. The average molecular weight is 246 g/mol. The predicted molar refractivity (Wildman–Crippen MR) is 72.4 cm³/mol. The SMILES string of the molecule is Cc1ccc(C(N)CN2CC3CCC(C2)O3)cc1. The lowest BCUT2D eigenvalue weighted by atomic mass is 10.1. The largest absolute Gasteiger partial charge is 0.372 e. The van der Waals surface area contributed by atoms with Crippen molar-refractivity contribution in [3.8, 4) is 0 Å². The van der Waals surface area contributed by atoms with Crippen molar-refractivity contribution >= 4 is 0 Å². The summed E-state index contributed by atoms with van der Waals surface area (Å²) in [6.45, 7) is 5.15. The monoisotopic (exact) mass is 246 g/mol. The normalized spacial score (nSPS) is 29.4. The Bertz CT molecular complexity index is 391. The van der Waals surface area contributed by atoms with E-state index in [1.807, 2.05) is 0 Å². The van der Waals surface area contributed by atoms with Gasteiger partial charge in [-0.3, -0.25) is 4.90 Å². The van der Waals surface area contributed by atoms with E-state index in [1.54, 1.807) is 0 Å². The van der Waals surface area contributed by atoms with Crippen molar-refractivity contribution in [3.63, 3.8) is 0 Å². The highest BCUT2D eigenvalue weighted by Gasteiger charge is 2.33. The van der Waals surface area contributed by atoms with Gasteiger partial charge in [0, 0.05) is 25.7 Å². The number of nitrogens with zero attached hydrogens (tertiary/aromatic N) is 1. The Kier molecular flexibility index (Phi) is 3.37. The van der Waals surface area contributed by atoms with Crippen molar-refractivity contribution in [2.24, 2.45) is 5.73 Å². The zero-order valence-electron chi connectivity index (χ0n) is 11.0. The van der Waals surface area contributed by atoms with Gasteiger partial charge in [-0.05, 0) is 25.3 Å². The molecule has 2 aliphatic heterocycles. The minimum Gasteiger partial charge on any atom is -0.372 e. The standard InChI is InChI=1S/C15H22N2O/c1-11-2-4-12(5-3-11)15(16)10-17-8-13-6-7-14(9-17)18-13/h2-5,13-15H,6-10,16H2,1H3. The van der Waals surface area contributed by atoms with Crippen LogP contribution in [0.1, 0.15) is 30.0 Å². The lowest BCUT2D eigenvalue weighted by Gasteiger charge is -2.33. The first kappa shape index (κ1) is 12.2. The highest BCUT2D eigenvalue weighted by atomic mass is 16.5. The molecule has 0 amide bonds. The predicted octanol–water partition coefficient (Wildman–Crippen LogP) is 1.86. The molecule has 3 nitrogen and oxygen atoms in total. The Morgan fingerprint density at radius 3 is 2.44 bits per heavy atom. The van der Waals surface area contributed by atoms with Crippen LogP contribution in [-0.4, -0.2) is 36.7 Å². The van der Waals surface area contributed by atoms with Gasteiger partial charge >= 0.3 is 0 Å². The van der Waals surface area contributed by atoms with E-state index >= 15 is 0 Å². The second-order valence-corrected chi connectivity index (χ2v) is 5.69. The van der Waals surface area contributed by atoms with E-state index in [2.05, 4.69) is 36.1 Å². The number of rotatable bonds is 3. The van der Waals surface area contributed by atoms with Crippen molar-refractivity contribution in [2.75, 3.05) is 19.6 Å². The molecular formula is C15H22N2O. The van der Waals surface area contributed by atoms with Crippen molar-refractivity contribution < 1.29 is 4.74 Å².